The van der Waals surface area contributed by atoms with Crippen molar-refractivity contribution in [1.82, 2.24) is 37.2 Å². The summed E-state index contributed by atoms with van der Waals surface area (Å²) in [5.74, 6) is -11.2. The third-order valence-electron chi connectivity index (χ3n) is 12.2. The van der Waals surface area contributed by atoms with Gasteiger partial charge in [-0.2, -0.15) is 0 Å². The highest BCUT2D eigenvalue weighted by molar-refractivity contribution is 5.98. The van der Waals surface area contributed by atoms with E-state index in [-0.39, 0.29) is 80.8 Å². The van der Waals surface area contributed by atoms with Crippen LogP contribution >= 0.6 is 0 Å². The molecule has 19 N–H and O–H groups in total. The van der Waals surface area contributed by atoms with E-state index in [1.807, 2.05) is 0 Å². The van der Waals surface area contributed by atoms with Crippen molar-refractivity contribution in [3.05, 3.63) is 95.6 Å². The molecule has 0 heterocycles. The quantitative estimate of drug-likeness (QED) is 0.0190. The number of aromatic hydroxyl groups is 2. The minimum atomic E-state index is -1.93. The number of carbonyl (C=O) groups is 10. The van der Waals surface area contributed by atoms with Crippen molar-refractivity contribution in [3.8, 4) is 11.5 Å². The molecule has 0 unspecified atom stereocenters. The first-order valence-electron chi connectivity index (χ1n) is 26.0. The molecule has 3 aromatic rings. The second kappa shape index (κ2) is 32.8. The van der Waals surface area contributed by atoms with Gasteiger partial charge in [0.1, 0.15) is 53.8 Å². The molecular formula is C54H76N12O14. The molecule has 0 aliphatic rings. The third-order valence-corrected chi connectivity index (χ3v) is 12.2. The van der Waals surface area contributed by atoms with Gasteiger partial charge in [-0.3, -0.25) is 48.1 Å². The molecule has 0 aliphatic heterocycles. The number of nitrogens with one attached hydrogen (secondary N) is 7. The van der Waals surface area contributed by atoms with Gasteiger partial charge in [-0.15, -0.1) is 0 Å². The van der Waals surface area contributed by atoms with Gasteiger partial charge in [-0.05, 0) is 91.3 Å². The molecule has 0 saturated heterocycles. The Morgan fingerprint density at radius 2 is 0.863 bits per heavy atom. The lowest BCUT2D eigenvalue weighted by atomic mass is 9.99. The van der Waals surface area contributed by atoms with Crippen LogP contribution in [0.4, 0.5) is 0 Å². The summed E-state index contributed by atoms with van der Waals surface area (Å²) >= 11 is 0. The summed E-state index contributed by atoms with van der Waals surface area (Å²) in [6.07, 6.45) is -2.45. The number of phenols is 2. The van der Waals surface area contributed by atoms with E-state index < -0.39 is 127 Å². The van der Waals surface area contributed by atoms with Crippen molar-refractivity contribution < 1.29 is 68.4 Å². The van der Waals surface area contributed by atoms with Crippen LogP contribution in [0.15, 0.2) is 83.9 Å². The van der Waals surface area contributed by atoms with Gasteiger partial charge in [0.05, 0.1) is 12.5 Å². The van der Waals surface area contributed by atoms with Gasteiger partial charge < -0.3 is 80.6 Å². The lowest BCUT2D eigenvalue weighted by molar-refractivity contribution is -0.143. The predicted molar refractivity (Wildman–Crippen MR) is 292 cm³/mol. The topological polar surface area (TPSA) is 452 Å². The Labute approximate surface area is 463 Å². The predicted octanol–water partition coefficient (Wildman–Crippen LogP) is -1.18. The van der Waals surface area contributed by atoms with Crippen molar-refractivity contribution in [3.63, 3.8) is 0 Å². The molecule has 0 aliphatic carbocycles. The Morgan fingerprint density at radius 1 is 0.475 bits per heavy atom. The van der Waals surface area contributed by atoms with Crippen LogP contribution in [0.5, 0.6) is 11.5 Å². The highest BCUT2D eigenvalue weighted by Crippen LogP contribution is 2.16. The van der Waals surface area contributed by atoms with Gasteiger partial charge in [0, 0.05) is 25.8 Å². The lowest BCUT2D eigenvalue weighted by Crippen LogP contribution is -2.61. The largest absolute Gasteiger partial charge is 0.508 e. The lowest BCUT2D eigenvalue weighted by Gasteiger charge is -2.28. The van der Waals surface area contributed by atoms with Crippen LogP contribution in [0.2, 0.25) is 0 Å². The number of aliphatic carboxylic acids is 2. The van der Waals surface area contributed by atoms with E-state index in [1.54, 1.807) is 58.0 Å². The smallest absolute Gasteiger partial charge is 0.326 e. The van der Waals surface area contributed by atoms with E-state index in [0.29, 0.717) is 16.7 Å². The maximum Gasteiger partial charge on any atom is 0.326 e. The molecule has 0 spiro atoms. The first-order chi connectivity index (χ1) is 37.7. The Kier molecular flexibility index (Phi) is 26.9. The van der Waals surface area contributed by atoms with E-state index in [0.717, 1.165) is 0 Å². The Balaban J connectivity index is 2.01. The summed E-state index contributed by atoms with van der Waals surface area (Å²) in [7, 11) is 0. The van der Waals surface area contributed by atoms with Crippen LogP contribution in [0.1, 0.15) is 89.3 Å². The van der Waals surface area contributed by atoms with E-state index in [4.69, 9.17) is 22.9 Å². The van der Waals surface area contributed by atoms with Gasteiger partial charge in [-0.25, -0.2) is 4.79 Å². The summed E-state index contributed by atoms with van der Waals surface area (Å²) in [6, 6.07) is 7.93. The molecule has 8 amide bonds. The van der Waals surface area contributed by atoms with Gasteiger partial charge in [0.25, 0.3) is 0 Å². The maximum atomic E-state index is 14.7. The summed E-state index contributed by atoms with van der Waals surface area (Å²) in [5, 5.41) is 57.0. The average molecular weight is 1120 g/mol. The molecule has 0 saturated carbocycles. The number of nitrogens with two attached hydrogens (primary N) is 4. The number of primary amides is 1. The van der Waals surface area contributed by atoms with E-state index in [9.17, 15) is 68.4 Å². The number of phenolic OH excluding ortho intramolecular Hbond substituents is 2. The Bertz CT molecular complexity index is 2620. The number of amides is 8. The zero-order valence-electron chi connectivity index (χ0n) is 45.2. The van der Waals surface area contributed by atoms with Crippen molar-refractivity contribution in [1.29, 1.82) is 0 Å². The summed E-state index contributed by atoms with van der Waals surface area (Å²) < 4.78 is 0. The number of carbonyl (C=O) groups excluding carboxylic acids is 8. The first kappa shape index (κ1) is 65.5. The third kappa shape index (κ3) is 24.2. The Hall–Kier alpha value is -8.81. The second-order valence-corrected chi connectivity index (χ2v) is 20.1. The number of hydrogen-bond acceptors (Lipinski definition) is 14. The minimum Gasteiger partial charge on any atom is -0.508 e. The second-order valence-electron chi connectivity index (χ2n) is 20.1. The number of hydrogen-bond donors (Lipinski definition) is 15. The van der Waals surface area contributed by atoms with E-state index >= 15 is 0 Å². The number of benzene rings is 3. The molecule has 26 nitrogen and oxygen atoms in total. The number of guanidine groups is 1. The van der Waals surface area contributed by atoms with Gasteiger partial charge in [0.2, 0.25) is 47.3 Å². The van der Waals surface area contributed by atoms with Crippen molar-refractivity contribution in [2.45, 2.75) is 140 Å². The first-order valence-corrected chi connectivity index (χ1v) is 26.0. The fourth-order valence-electron chi connectivity index (χ4n) is 8.13. The van der Waals surface area contributed by atoms with E-state index in [2.05, 4.69) is 42.2 Å². The number of nitrogens with zero attached hydrogens (tertiary/aromatic N) is 1. The van der Waals surface area contributed by atoms with Crippen LogP contribution in [0, 0.1) is 11.8 Å². The van der Waals surface area contributed by atoms with Crippen LogP contribution in [-0.4, -0.2) is 140 Å². The molecule has 0 bridgehead atoms. The van der Waals surface area contributed by atoms with Gasteiger partial charge in [0.15, 0.2) is 5.96 Å². The van der Waals surface area contributed by atoms with Crippen LogP contribution in [0.25, 0.3) is 0 Å². The summed E-state index contributed by atoms with van der Waals surface area (Å²) in [6.45, 7) is 7.07. The van der Waals surface area contributed by atoms with E-state index in [1.165, 1.54) is 48.5 Å². The standard InChI is InChI=1S/C54H76N12O14/c1-29(2)23-39(49(75)66-43(53(79)80)24-30(3)4)62-50(76)41(27-33-14-18-35(68)19-15-33)64-51(77)40(26-31-9-6-5-7-10-31)63-47(73)37(11-8-22-59-54(57)58)61-52(78)42(28-45(70)71)65-48(74)38(20-21-44(56)69)60-46(72)36(55)25-32-12-16-34(67)17-13-32/h5-7,9-10,12-19,29-30,36-43,67-68H,8,11,20-28,55H2,1-4H3,(H2,56,69)(H,60,72)(H,61,78)(H,62,76)(H,63,73)(H,64,77)(H,65,74)(H,66,75)(H,70,71)(H,79,80)(H4,57,58,59)/t36-,37-,38-,39-,40-,41-,42-,43-/m1/s1. The monoisotopic (exact) mass is 1120 g/mol. The van der Waals surface area contributed by atoms with Crippen molar-refractivity contribution in [2.75, 3.05) is 6.54 Å². The molecule has 0 radical (unpaired) electrons. The fourth-order valence-corrected chi connectivity index (χ4v) is 8.13. The fraction of sp³-hybridized carbons (Fsp3) is 0.463. The minimum absolute atomic E-state index is 0.0120. The molecule has 0 aromatic heterocycles. The van der Waals surface area contributed by atoms with Crippen LogP contribution in [-0.2, 0) is 67.2 Å². The highest BCUT2D eigenvalue weighted by Gasteiger charge is 2.36. The number of carboxylic acids is 2. The molecular weight excluding hydrogens is 1040 g/mol. The number of rotatable bonds is 34. The Morgan fingerprint density at radius 3 is 1.34 bits per heavy atom. The summed E-state index contributed by atoms with van der Waals surface area (Å²) in [4.78, 5) is 139. The summed E-state index contributed by atoms with van der Waals surface area (Å²) in [5.41, 5.74) is 24.0. The number of carboxylic acid groups (broad SMARTS) is 2. The maximum absolute atomic E-state index is 14.7. The molecule has 436 valence electrons. The van der Waals surface area contributed by atoms with Gasteiger partial charge in [-0.1, -0.05) is 82.3 Å². The van der Waals surface area contributed by atoms with Crippen LogP contribution in [0.3, 0.4) is 0 Å². The number of aliphatic imine (C=N–C) groups is 1. The molecule has 3 aromatic carbocycles. The zero-order valence-corrected chi connectivity index (χ0v) is 45.2. The van der Waals surface area contributed by atoms with Crippen LogP contribution < -0.4 is 60.2 Å². The van der Waals surface area contributed by atoms with Crippen molar-refractivity contribution >= 4 is 65.2 Å². The normalized spacial score (nSPS) is 14.0. The SMILES string of the molecule is CC(C)C[C@@H](NC(=O)[C@@H](CC(C)C)NC(=O)[C@@H](Cc1ccc(O)cc1)NC(=O)[C@@H](Cc1ccccc1)NC(=O)[C@@H](CCCN=C(N)N)NC(=O)[C@@H](CC(=O)O)NC(=O)[C@@H](CCC(N)=O)NC(=O)[C@H](N)Cc1ccc(O)cc1)C(=O)O. The molecule has 0 fully saturated rings. The van der Waals surface area contributed by atoms with Crippen molar-refractivity contribution in [2.24, 2.45) is 39.8 Å². The zero-order chi connectivity index (χ0) is 59.6. The van der Waals surface area contributed by atoms with Gasteiger partial charge >= 0.3 is 11.9 Å². The average Bonchev–Trinajstić information content (AvgIpc) is 3.38. The highest BCUT2D eigenvalue weighted by atomic mass is 16.4. The molecule has 3 rings (SSSR count). The molecule has 80 heavy (non-hydrogen) atoms. The molecule has 8 atom stereocenters. The molecule has 26 heteroatoms.